The number of rotatable bonds is 2. The Balaban J connectivity index is 2.56. The highest BCUT2D eigenvalue weighted by Gasteiger charge is 2.09. The fraction of sp³-hybridized carbons (Fsp3) is 0.100. The first-order valence-corrected chi connectivity index (χ1v) is 5.26. The largest absolute Gasteiger partial charge is 0.428 e. The zero-order valence-corrected chi connectivity index (χ0v) is 9.11. The summed E-state index contributed by atoms with van der Waals surface area (Å²) in [5, 5.41) is 8.84. The summed E-state index contributed by atoms with van der Waals surface area (Å²) in [6, 6.07) is 6.72. The summed E-state index contributed by atoms with van der Waals surface area (Å²) in [6.07, 6.45) is 0. The fourth-order valence-corrected chi connectivity index (χ4v) is 1.55. The lowest BCUT2D eigenvalue weighted by Crippen LogP contribution is -1.98. The SMILES string of the molecule is N#Cc1nc2ccc(C(=O)CBr)cc2o1. The van der Waals surface area contributed by atoms with Crippen molar-refractivity contribution in [3.63, 3.8) is 0 Å². The van der Waals surface area contributed by atoms with E-state index in [0.717, 1.165) is 0 Å². The van der Waals surface area contributed by atoms with Crippen molar-refractivity contribution >= 4 is 32.8 Å². The molecule has 0 radical (unpaired) electrons. The Morgan fingerprint density at radius 2 is 2.40 bits per heavy atom. The lowest BCUT2D eigenvalue weighted by Gasteiger charge is -1.94. The third-order valence-electron chi connectivity index (χ3n) is 1.93. The van der Waals surface area contributed by atoms with Gasteiger partial charge in [0.05, 0.1) is 5.33 Å². The lowest BCUT2D eigenvalue weighted by molar-refractivity contribution is 0.102. The molecular weight excluding hydrogens is 260 g/mol. The van der Waals surface area contributed by atoms with Crippen molar-refractivity contribution in [1.82, 2.24) is 4.98 Å². The number of aromatic nitrogens is 1. The van der Waals surface area contributed by atoms with Crippen LogP contribution in [0.2, 0.25) is 0 Å². The number of benzene rings is 1. The number of hydrogen-bond donors (Lipinski definition) is 0. The molecule has 2 aromatic rings. The Bertz CT molecular complexity index is 568. The first kappa shape index (κ1) is 9.87. The monoisotopic (exact) mass is 264 g/mol. The molecule has 74 valence electrons. The van der Waals surface area contributed by atoms with Crippen molar-refractivity contribution < 1.29 is 9.21 Å². The van der Waals surface area contributed by atoms with Gasteiger partial charge >= 0.3 is 5.89 Å². The van der Waals surface area contributed by atoms with Crippen LogP contribution in [0, 0.1) is 11.3 Å². The van der Waals surface area contributed by atoms with Gasteiger partial charge in [-0.15, -0.1) is 0 Å². The van der Waals surface area contributed by atoms with E-state index in [1.54, 1.807) is 18.2 Å². The van der Waals surface area contributed by atoms with Crippen LogP contribution < -0.4 is 0 Å². The van der Waals surface area contributed by atoms with Gasteiger partial charge in [-0.05, 0) is 18.2 Å². The summed E-state index contributed by atoms with van der Waals surface area (Å²) in [5.41, 5.74) is 1.58. The second kappa shape index (κ2) is 3.83. The Morgan fingerprint density at radius 1 is 1.60 bits per heavy atom. The Labute approximate surface area is 93.6 Å². The first-order chi connectivity index (χ1) is 7.24. The molecule has 2 rings (SSSR count). The van der Waals surface area contributed by atoms with Crippen LogP contribution in [0.4, 0.5) is 0 Å². The van der Waals surface area contributed by atoms with Crippen molar-refractivity contribution in [3.05, 3.63) is 29.7 Å². The number of ketones is 1. The normalized spacial score (nSPS) is 10.1. The molecule has 1 aromatic carbocycles. The van der Waals surface area contributed by atoms with Crippen LogP contribution in [0.15, 0.2) is 22.6 Å². The number of hydrogen-bond acceptors (Lipinski definition) is 4. The van der Waals surface area contributed by atoms with Crippen molar-refractivity contribution in [1.29, 1.82) is 5.26 Å². The van der Waals surface area contributed by atoms with Gasteiger partial charge in [-0.3, -0.25) is 4.79 Å². The minimum atomic E-state index is -0.0354. The molecule has 0 amide bonds. The van der Waals surface area contributed by atoms with E-state index in [-0.39, 0.29) is 17.0 Å². The smallest absolute Gasteiger partial charge is 0.301 e. The number of fused-ring (bicyclic) bond motifs is 1. The van der Waals surface area contributed by atoms with E-state index in [0.29, 0.717) is 16.7 Å². The Hall–Kier alpha value is -1.67. The van der Waals surface area contributed by atoms with Gasteiger partial charge in [-0.25, -0.2) is 0 Å². The number of halogens is 1. The van der Waals surface area contributed by atoms with Crippen molar-refractivity contribution in [3.8, 4) is 6.07 Å². The molecule has 0 bridgehead atoms. The molecule has 5 heteroatoms. The summed E-state index contributed by atoms with van der Waals surface area (Å²) in [4.78, 5) is 15.3. The molecule has 0 unspecified atom stereocenters. The van der Waals surface area contributed by atoms with Gasteiger partial charge in [-0.2, -0.15) is 10.2 Å². The molecule has 0 N–H and O–H groups in total. The lowest BCUT2D eigenvalue weighted by atomic mass is 10.1. The van der Waals surface area contributed by atoms with E-state index >= 15 is 0 Å². The summed E-state index contributed by atoms with van der Waals surface area (Å²) in [7, 11) is 0. The third kappa shape index (κ3) is 1.76. The average molecular weight is 265 g/mol. The van der Waals surface area contributed by atoms with E-state index in [9.17, 15) is 4.79 Å². The minimum Gasteiger partial charge on any atom is -0.428 e. The summed E-state index contributed by atoms with van der Waals surface area (Å²) >= 11 is 3.09. The quantitative estimate of drug-likeness (QED) is 0.617. The number of carbonyl (C=O) groups is 1. The molecule has 0 aliphatic heterocycles. The number of oxazole rings is 1. The summed E-state index contributed by atoms with van der Waals surface area (Å²) in [6.45, 7) is 0. The van der Waals surface area contributed by atoms with E-state index < -0.39 is 0 Å². The van der Waals surface area contributed by atoms with E-state index in [4.69, 9.17) is 9.68 Å². The minimum absolute atomic E-state index is 0.00782. The number of nitriles is 1. The molecule has 0 atom stereocenters. The van der Waals surface area contributed by atoms with Crippen LogP contribution in [0.1, 0.15) is 16.2 Å². The van der Waals surface area contributed by atoms with Crippen molar-refractivity contribution in [2.75, 3.05) is 5.33 Å². The van der Waals surface area contributed by atoms with Crippen LogP contribution in [-0.2, 0) is 0 Å². The molecule has 1 aromatic heterocycles. The molecule has 0 saturated carbocycles. The average Bonchev–Trinajstić information content (AvgIpc) is 2.69. The van der Waals surface area contributed by atoms with Crippen LogP contribution in [-0.4, -0.2) is 16.1 Å². The maximum atomic E-state index is 11.4. The zero-order chi connectivity index (χ0) is 10.8. The molecule has 15 heavy (non-hydrogen) atoms. The van der Waals surface area contributed by atoms with Gasteiger partial charge in [0, 0.05) is 5.56 Å². The molecule has 0 spiro atoms. The summed E-state index contributed by atoms with van der Waals surface area (Å²) in [5.74, 6) is -0.0275. The Morgan fingerprint density at radius 3 is 3.07 bits per heavy atom. The standard InChI is InChI=1S/C10H5BrN2O2/c11-4-8(14)6-1-2-7-9(3-6)15-10(5-12)13-7/h1-3H,4H2. The molecule has 0 fully saturated rings. The van der Waals surface area contributed by atoms with Gasteiger partial charge in [-0.1, -0.05) is 15.9 Å². The highest BCUT2D eigenvalue weighted by Crippen LogP contribution is 2.17. The predicted octanol–water partition coefficient (Wildman–Crippen LogP) is 2.28. The topological polar surface area (TPSA) is 66.9 Å². The fourth-order valence-electron chi connectivity index (χ4n) is 1.22. The highest BCUT2D eigenvalue weighted by molar-refractivity contribution is 9.09. The number of carbonyl (C=O) groups excluding carboxylic acids is 1. The highest BCUT2D eigenvalue weighted by atomic mass is 79.9. The second-order valence-corrected chi connectivity index (χ2v) is 3.43. The molecule has 4 nitrogen and oxygen atoms in total. The van der Waals surface area contributed by atoms with Gasteiger partial charge in [0.2, 0.25) is 0 Å². The Kier molecular flexibility index (Phi) is 2.52. The van der Waals surface area contributed by atoms with Crippen LogP contribution in [0.25, 0.3) is 11.1 Å². The van der Waals surface area contributed by atoms with Gasteiger partial charge in [0.25, 0.3) is 0 Å². The molecule has 0 aliphatic rings. The van der Waals surface area contributed by atoms with Crippen LogP contribution in [0.5, 0.6) is 0 Å². The van der Waals surface area contributed by atoms with Crippen LogP contribution in [0.3, 0.4) is 0 Å². The van der Waals surface area contributed by atoms with Crippen molar-refractivity contribution in [2.45, 2.75) is 0 Å². The molecule has 1 heterocycles. The zero-order valence-electron chi connectivity index (χ0n) is 7.53. The predicted molar refractivity (Wildman–Crippen MR) is 56.8 cm³/mol. The molecule has 0 saturated heterocycles. The van der Waals surface area contributed by atoms with E-state index in [1.165, 1.54) is 0 Å². The van der Waals surface area contributed by atoms with Crippen LogP contribution >= 0.6 is 15.9 Å². The maximum absolute atomic E-state index is 11.4. The first-order valence-electron chi connectivity index (χ1n) is 4.14. The summed E-state index contributed by atoms with van der Waals surface area (Å²) < 4.78 is 5.11. The van der Waals surface area contributed by atoms with E-state index in [2.05, 4.69) is 20.9 Å². The van der Waals surface area contributed by atoms with Crippen molar-refractivity contribution in [2.24, 2.45) is 0 Å². The van der Waals surface area contributed by atoms with Gasteiger partial charge < -0.3 is 4.42 Å². The third-order valence-corrected chi connectivity index (χ3v) is 2.44. The van der Waals surface area contributed by atoms with Gasteiger partial charge in [0.1, 0.15) is 5.52 Å². The number of nitrogens with zero attached hydrogens (tertiary/aromatic N) is 2. The molecule has 0 aliphatic carbocycles. The second-order valence-electron chi connectivity index (χ2n) is 2.87. The number of alkyl halides is 1. The van der Waals surface area contributed by atoms with Gasteiger partial charge in [0.15, 0.2) is 17.4 Å². The number of Topliss-reactive ketones (excluding diaryl/α,β-unsaturated/α-hetero) is 1. The molecular formula is C10H5BrN2O2. The van der Waals surface area contributed by atoms with E-state index in [1.807, 2.05) is 6.07 Å². The maximum Gasteiger partial charge on any atom is 0.301 e.